The van der Waals surface area contributed by atoms with E-state index in [2.05, 4.69) is 9.88 Å². The number of hydrogen-bond acceptors (Lipinski definition) is 4. The van der Waals surface area contributed by atoms with Gasteiger partial charge in [-0.1, -0.05) is 0 Å². The largest absolute Gasteiger partial charge is 0.389 e. The average Bonchev–Trinajstić information content (AvgIpc) is 2.30. The number of aliphatic hydroxyl groups is 1. The maximum atomic E-state index is 10.0. The predicted molar refractivity (Wildman–Crippen MR) is 67.7 cm³/mol. The van der Waals surface area contributed by atoms with Gasteiger partial charge in [0.1, 0.15) is 0 Å². The molecule has 17 heavy (non-hydrogen) atoms. The fourth-order valence-corrected chi connectivity index (χ4v) is 1.52. The van der Waals surface area contributed by atoms with Crippen molar-refractivity contribution in [2.24, 2.45) is 0 Å². The molecule has 1 N–H and O–H groups in total. The first-order valence-corrected chi connectivity index (χ1v) is 5.76. The van der Waals surface area contributed by atoms with Crippen molar-refractivity contribution in [3.05, 3.63) is 30.1 Å². The third-order valence-electron chi connectivity index (χ3n) is 3.02. The topological polar surface area (TPSA) is 45.6 Å². The second-order valence-corrected chi connectivity index (χ2v) is 4.88. The Labute approximate surface area is 103 Å². The van der Waals surface area contributed by atoms with Crippen molar-refractivity contribution in [3.63, 3.8) is 0 Å². The summed E-state index contributed by atoms with van der Waals surface area (Å²) in [4.78, 5) is 6.05. The Balaban J connectivity index is 2.47. The van der Waals surface area contributed by atoms with Crippen LogP contribution in [0.15, 0.2) is 24.5 Å². The van der Waals surface area contributed by atoms with E-state index in [-0.39, 0.29) is 0 Å². The number of pyridine rings is 1. The maximum absolute atomic E-state index is 10.0. The molecular formula is C13H22N2O2. The van der Waals surface area contributed by atoms with Gasteiger partial charge in [-0.3, -0.25) is 9.88 Å². The molecule has 0 aromatic carbocycles. The molecule has 1 aromatic rings. The van der Waals surface area contributed by atoms with E-state index in [1.54, 1.807) is 19.5 Å². The van der Waals surface area contributed by atoms with Gasteiger partial charge in [0.2, 0.25) is 0 Å². The van der Waals surface area contributed by atoms with E-state index in [9.17, 15) is 5.11 Å². The van der Waals surface area contributed by atoms with E-state index >= 15 is 0 Å². The summed E-state index contributed by atoms with van der Waals surface area (Å²) in [6, 6.07) is 3.95. The summed E-state index contributed by atoms with van der Waals surface area (Å²) in [7, 11) is 3.60. The minimum absolute atomic E-state index is 0.515. The average molecular weight is 238 g/mol. The van der Waals surface area contributed by atoms with Crippen LogP contribution in [0.1, 0.15) is 19.4 Å². The molecule has 0 saturated carbocycles. The highest BCUT2D eigenvalue weighted by molar-refractivity contribution is 5.09. The standard InChI is InChI=1S/C13H22N2O2/c1-13(2,17-4)12(16)10-15(3)9-11-5-7-14-8-6-11/h5-8,12,16H,9-10H2,1-4H3. The number of methoxy groups -OCH3 is 1. The lowest BCUT2D eigenvalue weighted by atomic mass is 10.0. The zero-order valence-corrected chi connectivity index (χ0v) is 11.1. The second kappa shape index (κ2) is 6.10. The van der Waals surface area contributed by atoms with Crippen LogP contribution >= 0.6 is 0 Å². The van der Waals surface area contributed by atoms with E-state index in [0.29, 0.717) is 6.54 Å². The molecule has 4 heteroatoms. The number of aromatic nitrogens is 1. The molecule has 96 valence electrons. The Kier molecular flexibility index (Phi) is 5.05. The van der Waals surface area contributed by atoms with E-state index in [4.69, 9.17) is 4.74 Å². The molecule has 0 amide bonds. The highest BCUT2D eigenvalue weighted by Crippen LogP contribution is 2.15. The molecule has 1 unspecified atom stereocenters. The normalized spacial score (nSPS) is 14.0. The highest BCUT2D eigenvalue weighted by Gasteiger charge is 2.28. The summed E-state index contributed by atoms with van der Waals surface area (Å²) in [5, 5.41) is 10.0. The van der Waals surface area contributed by atoms with E-state index in [1.807, 2.05) is 33.0 Å². The molecule has 1 atom stereocenters. The van der Waals surface area contributed by atoms with Crippen molar-refractivity contribution in [2.75, 3.05) is 20.7 Å². The number of ether oxygens (including phenoxy) is 1. The predicted octanol–water partition coefficient (Wildman–Crippen LogP) is 1.30. The number of rotatable bonds is 6. The SMILES string of the molecule is COC(C)(C)C(O)CN(C)Cc1ccncc1. The van der Waals surface area contributed by atoms with Crippen LogP contribution in [0.4, 0.5) is 0 Å². The van der Waals surface area contributed by atoms with Crippen LogP contribution in [0.25, 0.3) is 0 Å². The summed E-state index contributed by atoms with van der Waals surface area (Å²) < 4.78 is 5.26. The van der Waals surface area contributed by atoms with Gasteiger partial charge in [0, 0.05) is 32.6 Å². The first kappa shape index (κ1) is 14.1. The van der Waals surface area contributed by atoms with Crippen molar-refractivity contribution in [3.8, 4) is 0 Å². The summed E-state index contributed by atoms with van der Waals surface area (Å²) in [5.41, 5.74) is 0.664. The summed E-state index contributed by atoms with van der Waals surface area (Å²) >= 11 is 0. The number of hydrogen-bond donors (Lipinski definition) is 1. The molecule has 0 aliphatic heterocycles. The van der Waals surface area contributed by atoms with Gasteiger partial charge in [0.25, 0.3) is 0 Å². The Morgan fingerprint density at radius 1 is 1.41 bits per heavy atom. The third-order valence-corrected chi connectivity index (χ3v) is 3.02. The van der Waals surface area contributed by atoms with Gasteiger partial charge in [-0.05, 0) is 38.6 Å². The van der Waals surface area contributed by atoms with Gasteiger partial charge >= 0.3 is 0 Å². The Morgan fingerprint density at radius 2 is 2.00 bits per heavy atom. The van der Waals surface area contributed by atoms with Crippen molar-refractivity contribution in [1.82, 2.24) is 9.88 Å². The molecule has 0 spiro atoms. The lowest BCUT2D eigenvalue weighted by Crippen LogP contribution is -2.45. The number of aliphatic hydroxyl groups excluding tert-OH is 1. The molecule has 1 heterocycles. The molecule has 1 rings (SSSR count). The van der Waals surface area contributed by atoms with Crippen LogP contribution in [0.5, 0.6) is 0 Å². The minimum Gasteiger partial charge on any atom is -0.389 e. The smallest absolute Gasteiger partial charge is 0.0950 e. The minimum atomic E-state index is -0.521. The Hall–Kier alpha value is -0.970. The summed E-state index contributed by atoms with van der Waals surface area (Å²) in [6.07, 6.45) is 3.04. The van der Waals surface area contributed by atoms with Crippen LogP contribution in [0, 0.1) is 0 Å². The maximum Gasteiger partial charge on any atom is 0.0950 e. The van der Waals surface area contributed by atoms with Crippen LogP contribution in [-0.4, -0.2) is 47.4 Å². The lowest BCUT2D eigenvalue weighted by Gasteiger charge is -2.32. The van der Waals surface area contributed by atoms with Crippen LogP contribution < -0.4 is 0 Å². The molecule has 4 nitrogen and oxygen atoms in total. The number of likely N-dealkylation sites (N-methyl/N-ethyl adjacent to an activating group) is 1. The zero-order chi connectivity index (χ0) is 12.9. The van der Waals surface area contributed by atoms with Crippen LogP contribution in [-0.2, 0) is 11.3 Å². The van der Waals surface area contributed by atoms with Crippen LogP contribution in [0.2, 0.25) is 0 Å². The Bertz CT molecular complexity index is 327. The van der Waals surface area contributed by atoms with Crippen molar-refractivity contribution in [2.45, 2.75) is 32.1 Å². The quantitative estimate of drug-likeness (QED) is 0.811. The fourth-order valence-electron chi connectivity index (χ4n) is 1.52. The molecule has 0 fully saturated rings. The van der Waals surface area contributed by atoms with Gasteiger partial charge in [-0.25, -0.2) is 0 Å². The van der Waals surface area contributed by atoms with Crippen molar-refractivity contribution in [1.29, 1.82) is 0 Å². The molecule has 0 aliphatic carbocycles. The molecule has 0 radical (unpaired) electrons. The highest BCUT2D eigenvalue weighted by atomic mass is 16.5. The van der Waals surface area contributed by atoms with Gasteiger partial charge in [-0.15, -0.1) is 0 Å². The molecular weight excluding hydrogens is 216 g/mol. The van der Waals surface area contributed by atoms with Gasteiger partial charge < -0.3 is 9.84 Å². The van der Waals surface area contributed by atoms with Crippen LogP contribution in [0.3, 0.4) is 0 Å². The van der Waals surface area contributed by atoms with E-state index in [1.165, 1.54) is 5.56 Å². The zero-order valence-electron chi connectivity index (χ0n) is 11.1. The lowest BCUT2D eigenvalue weighted by molar-refractivity contribution is -0.0863. The van der Waals surface area contributed by atoms with Gasteiger partial charge in [-0.2, -0.15) is 0 Å². The first-order valence-electron chi connectivity index (χ1n) is 5.76. The molecule has 1 aromatic heterocycles. The molecule has 0 saturated heterocycles. The first-order chi connectivity index (χ1) is 7.95. The second-order valence-electron chi connectivity index (χ2n) is 4.88. The summed E-state index contributed by atoms with van der Waals surface area (Å²) in [6.45, 7) is 5.14. The van der Waals surface area contributed by atoms with Crippen molar-refractivity contribution >= 4 is 0 Å². The summed E-state index contributed by atoms with van der Waals surface area (Å²) in [5.74, 6) is 0. The Morgan fingerprint density at radius 3 is 2.53 bits per heavy atom. The van der Waals surface area contributed by atoms with Crippen molar-refractivity contribution < 1.29 is 9.84 Å². The van der Waals surface area contributed by atoms with E-state index in [0.717, 1.165) is 6.54 Å². The van der Waals surface area contributed by atoms with Gasteiger partial charge in [0.15, 0.2) is 0 Å². The molecule has 0 bridgehead atoms. The number of nitrogens with zero attached hydrogens (tertiary/aromatic N) is 2. The van der Waals surface area contributed by atoms with E-state index < -0.39 is 11.7 Å². The molecule has 0 aliphatic rings. The third kappa shape index (κ3) is 4.42. The van der Waals surface area contributed by atoms with Gasteiger partial charge in [0.05, 0.1) is 11.7 Å². The monoisotopic (exact) mass is 238 g/mol. The fraction of sp³-hybridized carbons (Fsp3) is 0.615.